The molecule has 0 aromatic carbocycles. The van der Waals surface area contributed by atoms with Crippen LogP contribution in [0.3, 0.4) is 0 Å². The molecule has 0 unspecified atom stereocenters. The molecule has 0 spiro atoms. The van der Waals surface area contributed by atoms with Gasteiger partial charge in [-0.05, 0) is 5.92 Å². The van der Waals surface area contributed by atoms with E-state index < -0.39 is 5.91 Å². The minimum atomic E-state index is -0.469. The van der Waals surface area contributed by atoms with Gasteiger partial charge in [-0.3, -0.25) is 14.8 Å². The Balaban J connectivity index is 2.48. The number of nitrogens with two attached hydrogens (primary N) is 1. The van der Waals surface area contributed by atoms with E-state index in [1.54, 1.807) is 12.4 Å². The second-order valence-electron chi connectivity index (χ2n) is 3.84. The summed E-state index contributed by atoms with van der Waals surface area (Å²) in [6.07, 6.45) is 4.75. The van der Waals surface area contributed by atoms with Crippen LogP contribution in [0.1, 0.15) is 35.1 Å². The average molecular weight is 248 g/mol. The first-order chi connectivity index (χ1) is 8.09. The van der Waals surface area contributed by atoms with E-state index in [2.05, 4.69) is 15.0 Å². The maximum atomic E-state index is 11.0. The number of hydrogen-bond donors (Lipinski definition) is 1. The lowest BCUT2D eigenvalue weighted by molar-refractivity contribution is 0.100. The number of thiazole rings is 1. The number of rotatable bonds is 3. The van der Waals surface area contributed by atoms with E-state index in [9.17, 15) is 4.79 Å². The van der Waals surface area contributed by atoms with E-state index in [-0.39, 0.29) is 5.92 Å². The monoisotopic (exact) mass is 248 g/mol. The fourth-order valence-electron chi connectivity index (χ4n) is 1.43. The molecule has 5 nitrogen and oxygen atoms in total. The molecule has 0 saturated carbocycles. The summed E-state index contributed by atoms with van der Waals surface area (Å²) in [6.45, 7) is 4.08. The van der Waals surface area contributed by atoms with Crippen molar-refractivity contribution in [2.24, 2.45) is 5.73 Å². The second kappa shape index (κ2) is 4.58. The molecule has 6 heteroatoms. The molecule has 0 aliphatic heterocycles. The lowest BCUT2D eigenvalue weighted by atomic mass is 10.1. The zero-order valence-electron chi connectivity index (χ0n) is 9.54. The van der Waals surface area contributed by atoms with Gasteiger partial charge in [0, 0.05) is 12.4 Å². The van der Waals surface area contributed by atoms with Gasteiger partial charge in [-0.2, -0.15) is 0 Å². The van der Waals surface area contributed by atoms with Gasteiger partial charge in [0.1, 0.15) is 15.6 Å². The minimum absolute atomic E-state index is 0.250. The van der Waals surface area contributed by atoms with Crippen LogP contribution in [0.25, 0.3) is 10.7 Å². The normalized spacial score (nSPS) is 10.8. The Kier molecular flexibility index (Phi) is 3.14. The average Bonchev–Trinajstić information content (AvgIpc) is 2.78. The van der Waals surface area contributed by atoms with Crippen molar-refractivity contribution >= 4 is 17.2 Å². The van der Waals surface area contributed by atoms with Crippen LogP contribution in [0.4, 0.5) is 0 Å². The molecule has 2 aromatic rings. The molecule has 0 atom stereocenters. The first kappa shape index (κ1) is 11.7. The van der Waals surface area contributed by atoms with E-state index in [0.717, 1.165) is 11.4 Å². The molecule has 2 rings (SSSR count). The summed E-state index contributed by atoms with van der Waals surface area (Å²) in [5, 5.41) is 0.676. The largest absolute Gasteiger partial charge is 0.365 e. The van der Waals surface area contributed by atoms with E-state index in [1.807, 2.05) is 13.8 Å². The van der Waals surface area contributed by atoms with Crippen molar-refractivity contribution in [3.63, 3.8) is 0 Å². The summed E-state index contributed by atoms with van der Waals surface area (Å²) in [7, 11) is 0. The zero-order chi connectivity index (χ0) is 12.4. The van der Waals surface area contributed by atoms with E-state index in [0.29, 0.717) is 9.88 Å². The fourth-order valence-corrected chi connectivity index (χ4v) is 2.21. The van der Waals surface area contributed by atoms with Gasteiger partial charge < -0.3 is 5.73 Å². The van der Waals surface area contributed by atoms with Crippen molar-refractivity contribution in [2.75, 3.05) is 0 Å². The molecule has 1 amide bonds. The predicted molar refractivity (Wildman–Crippen MR) is 65.7 cm³/mol. The van der Waals surface area contributed by atoms with Crippen LogP contribution in [-0.2, 0) is 0 Å². The quantitative estimate of drug-likeness (QED) is 0.898. The second-order valence-corrected chi connectivity index (χ2v) is 4.87. The number of aromatic nitrogens is 3. The molecule has 0 radical (unpaired) electrons. The smallest absolute Gasteiger partial charge is 0.260 e. The van der Waals surface area contributed by atoms with Gasteiger partial charge in [0.05, 0.1) is 11.9 Å². The number of carbonyl (C=O) groups is 1. The van der Waals surface area contributed by atoms with E-state index in [4.69, 9.17) is 5.73 Å². The SMILES string of the molecule is CC(C)c1nccnc1-c1ncc(C(N)=O)s1. The molecule has 88 valence electrons. The van der Waals surface area contributed by atoms with Crippen LogP contribution < -0.4 is 5.73 Å². The van der Waals surface area contributed by atoms with E-state index >= 15 is 0 Å². The number of nitrogens with zero attached hydrogens (tertiary/aromatic N) is 3. The molecule has 2 heterocycles. The van der Waals surface area contributed by atoms with Crippen LogP contribution in [0.2, 0.25) is 0 Å². The third kappa shape index (κ3) is 2.31. The van der Waals surface area contributed by atoms with Crippen LogP contribution in [0.5, 0.6) is 0 Å². The van der Waals surface area contributed by atoms with E-state index in [1.165, 1.54) is 17.5 Å². The molecular formula is C11H12N4OS. The standard InChI is InChI=1S/C11H12N4OS/c1-6(2)8-9(14-4-3-13-8)11-15-5-7(17-11)10(12)16/h3-6H,1-2H3,(H2,12,16). The first-order valence-corrected chi connectivity index (χ1v) is 5.98. The van der Waals surface area contributed by atoms with Crippen LogP contribution >= 0.6 is 11.3 Å². The van der Waals surface area contributed by atoms with Crippen molar-refractivity contribution in [3.05, 3.63) is 29.2 Å². The molecule has 0 aliphatic carbocycles. The van der Waals surface area contributed by atoms with Crippen molar-refractivity contribution < 1.29 is 4.79 Å². The summed E-state index contributed by atoms with van der Waals surface area (Å²) in [5.74, 6) is -0.219. The molecule has 0 bridgehead atoms. The van der Waals surface area contributed by atoms with Crippen molar-refractivity contribution in [3.8, 4) is 10.7 Å². The Morgan fingerprint density at radius 2 is 2.00 bits per heavy atom. The predicted octanol–water partition coefficient (Wildman–Crippen LogP) is 1.82. The molecule has 2 aromatic heterocycles. The van der Waals surface area contributed by atoms with Crippen LogP contribution in [-0.4, -0.2) is 20.9 Å². The van der Waals surface area contributed by atoms with Crippen molar-refractivity contribution in [1.82, 2.24) is 15.0 Å². The molecule has 0 saturated heterocycles. The third-order valence-electron chi connectivity index (χ3n) is 2.22. The van der Waals surface area contributed by atoms with Gasteiger partial charge in [0.15, 0.2) is 0 Å². The lowest BCUT2D eigenvalue weighted by Crippen LogP contribution is -2.08. The molecule has 17 heavy (non-hydrogen) atoms. The summed E-state index contributed by atoms with van der Waals surface area (Å²) < 4.78 is 0. The third-order valence-corrected chi connectivity index (χ3v) is 3.24. The van der Waals surface area contributed by atoms with Crippen LogP contribution in [0.15, 0.2) is 18.6 Å². The highest BCUT2D eigenvalue weighted by molar-refractivity contribution is 7.16. The van der Waals surface area contributed by atoms with Crippen LogP contribution in [0, 0.1) is 0 Å². The number of amides is 1. The summed E-state index contributed by atoms with van der Waals surface area (Å²) in [6, 6.07) is 0. The number of hydrogen-bond acceptors (Lipinski definition) is 5. The van der Waals surface area contributed by atoms with Gasteiger partial charge >= 0.3 is 0 Å². The fraction of sp³-hybridized carbons (Fsp3) is 0.273. The topological polar surface area (TPSA) is 81.8 Å². The maximum Gasteiger partial charge on any atom is 0.260 e. The van der Waals surface area contributed by atoms with Gasteiger partial charge in [-0.1, -0.05) is 13.8 Å². The van der Waals surface area contributed by atoms with Crippen molar-refractivity contribution in [2.45, 2.75) is 19.8 Å². The minimum Gasteiger partial charge on any atom is -0.365 e. The number of primary amides is 1. The van der Waals surface area contributed by atoms with Gasteiger partial charge in [0.25, 0.3) is 5.91 Å². The van der Waals surface area contributed by atoms with Gasteiger partial charge in [0.2, 0.25) is 0 Å². The Morgan fingerprint density at radius 3 is 2.59 bits per heavy atom. The summed E-state index contributed by atoms with van der Waals surface area (Å²) >= 11 is 1.24. The highest BCUT2D eigenvalue weighted by Crippen LogP contribution is 2.28. The Labute approximate surface area is 103 Å². The molecular weight excluding hydrogens is 236 g/mol. The molecule has 0 fully saturated rings. The highest BCUT2D eigenvalue weighted by Gasteiger charge is 2.15. The molecule has 0 aliphatic rings. The van der Waals surface area contributed by atoms with Gasteiger partial charge in [-0.15, -0.1) is 11.3 Å². The number of carbonyl (C=O) groups excluding carboxylic acids is 1. The Morgan fingerprint density at radius 1 is 1.29 bits per heavy atom. The van der Waals surface area contributed by atoms with Gasteiger partial charge in [-0.25, -0.2) is 4.98 Å². The highest BCUT2D eigenvalue weighted by atomic mass is 32.1. The maximum absolute atomic E-state index is 11.0. The first-order valence-electron chi connectivity index (χ1n) is 5.16. The lowest BCUT2D eigenvalue weighted by Gasteiger charge is -2.07. The Bertz CT molecular complexity index is 550. The zero-order valence-corrected chi connectivity index (χ0v) is 10.4. The van der Waals surface area contributed by atoms with Crippen molar-refractivity contribution in [1.29, 1.82) is 0 Å². The molecule has 2 N–H and O–H groups in total. The summed E-state index contributed by atoms with van der Waals surface area (Å²) in [5.41, 5.74) is 6.79. The summed E-state index contributed by atoms with van der Waals surface area (Å²) in [4.78, 5) is 24.2. The Hall–Kier alpha value is -1.82.